The zero-order chi connectivity index (χ0) is 19.8. The Morgan fingerprint density at radius 3 is 2.82 bits per heavy atom. The first-order valence-electron chi connectivity index (χ1n) is 9.96. The van der Waals surface area contributed by atoms with E-state index in [9.17, 15) is 9.18 Å². The molecule has 2 N–H and O–H groups in total. The molecule has 1 amide bonds. The predicted molar refractivity (Wildman–Crippen MR) is 109 cm³/mol. The Morgan fingerprint density at radius 2 is 2.07 bits per heavy atom. The molecule has 0 radical (unpaired) electrons. The first-order chi connectivity index (χ1) is 13.6. The number of halogens is 1. The molecule has 2 aromatic rings. The van der Waals surface area contributed by atoms with Gasteiger partial charge >= 0.3 is 0 Å². The van der Waals surface area contributed by atoms with E-state index >= 15 is 0 Å². The van der Waals surface area contributed by atoms with E-state index in [1.807, 2.05) is 19.1 Å². The number of hydrogen-bond acceptors (Lipinski definition) is 5. The van der Waals surface area contributed by atoms with Crippen molar-refractivity contribution in [3.05, 3.63) is 48.0 Å². The van der Waals surface area contributed by atoms with Crippen LogP contribution in [0.15, 0.2) is 36.7 Å². The lowest BCUT2D eigenvalue weighted by molar-refractivity contribution is -0.121. The maximum atomic E-state index is 13.2. The monoisotopic (exact) mass is 385 g/mol. The first-order valence-corrected chi connectivity index (χ1v) is 9.96. The Labute approximate surface area is 165 Å². The molecule has 0 spiro atoms. The number of benzene rings is 1. The van der Waals surface area contributed by atoms with Crippen LogP contribution >= 0.6 is 0 Å². The van der Waals surface area contributed by atoms with Gasteiger partial charge in [0.2, 0.25) is 5.91 Å². The summed E-state index contributed by atoms with van der Waals surface area (Å²) in [6, 6.07) is 8.31. The maximum absolute atomic E-state index is 13.2. The number of carbonyl (C=O) groups excluding carboxylic acids is 1. The first kappa shape index (κ1) is 20.0. The van der Waals surface area contributed by atoms with Crippen molar-refractivity contribution in [2.45, 2.75) is 39.2 Å². The summed E-state index contributed by atoms with van der Waals surface area (Å²) >= 11 is 0. The van der Waals surface area contributed by atoms with E-state index in [1.54, 1.807) is 12.4 Å². The number of aromatic nitrogens is 2. The summed E-state index contributed by atoms with van der Waals surface area (Å²) in [4.78, 5) is 23.0. The third-order valence-electron chi connectivity index (χ3n) is 5.11. The molecule has 0 atom stereocenters. The minimum absolute atomic E-state index is 0.0257. The molecular weight excluding hydrogens is 357 g/mol. The molecule has 1 aromatic carbocycles. The lowest BCUT2D eigenvalue weighted by atomic mass is 9.92. The Hall–Kier alpha value is -2.70. The van der Waals surface area contributed by atoms with E-state index < -0.39 is 0 Å². The zero-order valence-electron chi connectivity index (χ0n) is 16.3. The van der Waals surface area contributed by atoms with Gasteiger partial charge in [0.25, 0.3) is 0 Å². The Kier molecular flexibility index (Phi) is 7.17. The van der Waals surface area contributed by atoms with Crippen molar-refractivity contribution in [2.75, 3.05) is 29.9 Å². The highest BCUT2D eigenvalue weighted by molar-refractivity contribution is 5.75. The summed E-state index contributed by atoms with van der Waals surface area (Å²) in [6.45, 7) is 5.13. The number of nitrogens with zero attached hydrogens (tertiary/aromatic N) is 3. The number of anilines is 2. The summed E-state index contributed by atoms with van der Waals surface area (Å²) < 4.78 is 13.2. The molecule has 0 saturated carbocycles. The number of rotatable bonds is 8. The fourth-order valence-corrected chi connectivity index (χ4v) is 3.52. The van der Waals surface area contributed by atoms with Crippen LogP contribution < -0.4 is 15.5 Å². The molecule has 0 aliphatic carbocycles. The van der Waals surface area contributed by atoms with Crippen LogP contribution in [0.3, 0.4) is 0 Å². The van der Waals surface area contributed by atoms with Gasteiger partial charge in [-0.2, -0.15) is 0 Å². The van der Waals surface area contributed by atoms with Crippen molar-refractivity contribution in [2.24, 2.45) is 5.92 Å². The molecule has 1 aliphatic rings. The van der Waals surface area contributed by atoms with Gasteiger partial charge in [0.15, 0.2) is 0 Å². The molecule has 28 heavy (non-hydrogen) atoms. The third kappa shape index (κ3) is 5.90. The minimum Gasteiger partial charge on any atom is -0.370 e. The van der Waals surface area contributed by atoms with Gasteiger partial charge in [0.1, 0.15) is 23.8 Å². The van der Waals surface area contributed by atoms with E-state index in [-0.39, 0.29) is 11.7 Å². The molecule has 1 aromatic heterocycles. The maximum Gasteiger partial charge on any atom is 0.220 e. The van der Waals surface area contributed by atoms with Crippen LogP contribution in [0.2, 0.25) is 0 Å². The lowest BCUT2D eigenvalue weighted by Crippen LogP contribution is -2.34. The van der Waals surface area contributed by atoms with Gasteiger partial charge in [-0.25, -0.2) is 14.4 Å². The van der Waals surface area contributed by atoms with Crippen molar-refractivity contribution >= 4 is 17.5 Å². The fraction of sp³-hybridized carbons (Fsp3) is 0.476. The van der Waals surface area contributed by atoms with Gasteiger partial charge < -0.3 is 15.5 Å². The summed E-state index contributed by atoms with van der Waals surface area (Å²) in [5, 5.41) is 6.09. The summed E-state index contributed by atoms with van der Waals surface area (Å²) in [6.07, 6.45) is 5.10. The molecule has 1 fully saturated rings. The van der Waals surface area contributed by atoms with Crippen LogP contribution in [0.4, 0.5) is 16.0 Å². The Balaban J connectivity index is 1.38. The second-order valence-electron chi connectivity index (χ2n) is 7.17. The molecule has 3 rings (SSSR count). The SMILES string of the molecule is CCNc1cc(N2CCC(CCC(=O)NCc3cccc(F)c3)CC2)ncn1. The summed E-state index contributed by atoms with van der Waals surface area (Å²) in [7, 11) is 0. The third-order valence-corrected chi connectivity index (χ3v) is 5.11. The average Bonchev–Trinajstić information content (AvgIpc) is 2.72. The quantitative estimate of drug-likeness (QED) is 0.729. The molecule has 2 heterocycles. The van der Waals surface area contributed by atoms with Gasteiger partial charge in [-0.3, -0.25) is 4.79 Å². The van der Waals surface area contributed by atoms with Gasteiger partial charge in [0, 0.05) is 38.7 Å². The topological polar surface area (TPSA) is 70.2 Å². The lowest BCUT2D eigenvalue weighted by Gasteiger charge is -2.32. The normalized spacial score (nSPS) is 14.7. The summed E-state index contributed by atoms with van der Waals surface area (Å²) in [5.41, 5.74) is 0.781. The van der Waals surface area contributed by atoms with E-state index in [1.165, 1.54) is 12.1 Å². The molecule has 150 valence electrons. The van der Waals surface area contributed by atoms with Gasteiger partial charge in [-0.15, -0.1) is 0 Å². The van der Waals surface area contributed by atoms with Crippen LogP contribution in [0.25, 0.3) is 0 Å². The Bertz CT molecular complexity index is 777. The number of amides is 1. The average molecular weight is 385 g/mol. The molecule has 1 aliphatic heterocycles. The fourth-order valence-electron chi connectivity index (χ4n) is 3.52. The van der Waals surface area contributed by atoms with Crippen molar-refractivity contribution in [3.63, 3.8) is 0 Å². The van der Waals surface area contributed by atoms with Crippen molar-refractivity contribution < 1.29 is 9.18 Å². The van der Waals surface area contributed by atoms with E-state index in [4.69, 9.17) is 0 Å². The van der Waals surface area contributed by atoms with Crippen LogP contribution in [0.5, 0.6) is 0 Å². The van der Waals surface area contributed by atoms with E-state index in [0.717, 1.165) is 56.1 Å². The number of piperidine rings is 1. The Morgan fingerprint density at radius 1 is 1.25 bits per heavy atom. The number of carbonyl (C=O) groups is 1. The van der Waals surface area contributed by atoms with Crippen LogP contribution in [0, 0.1) is 11.7 Å². The minimum atomic E-state index is -0.278. The predicted octanol–water partition coefficient (Wildman–Crippen LogP) is 3.36. The van der Waals surface area contributed by atoms with Crippen molar-refractivity contribution in [1.82, 2.24) is 15.3 Å². The smallest absolute Gasteiger partial charge is 0.220 e. The van der Waals surface area contributed by atoms with Crippen LogP contribution in [0.1, 0.15) is 38.2 Å². The number of nitrogens with one attached hydrogen (secondary N) is 2. The van der Waals surface area contributed by atoms with Gasteiger partial charge in [0.05, 0.1) is 0 Å². The van der Waals surface area contributed by atoms with E-state index in [2.05, 4.69) is 25.5 Å². The largest absolute Gasteiger partial charge is 0.370 e. The van der Waals surface area contributed by atoms with Crippen LogP contribution in [-0.2, 0) is 11.3 Å². The second kappa shape index (κ2) is 10.0. The second-order valence-corrected chi connectivity index (χ2v) is 7.17. The standard InChI is InChI=1S/C21H28FN5O/c1-2-23-19-13-20(26-15-25-19)27-10-8-16(9-11-27)6-7-21(28)24-14-17-4-3-5-18(22)12-17/h3-5,12-13,15-16H,2,6-11,14H2,1H3,(H,24,28)(H,23,25,26). The molecular formula is C21H28FN5O. The van der Waals surface area contributed by atoms with Crippen molar-refractivity contribution in [3.8, 4) is 0 Å². The summed E-state index contributed by atoms with van der Waals surface area (Å²) in [5.74, 6) is 2.10. The van der Waals surface area contributed by atoms with Gasteiger partial charge in [-0.1, -0.05) is 12.1 Å². The van der Waals surface area contributed by atoms with Crippen LogP contribution in [-0.4, -0.2) is 35.5 Å². The van der Waals surface area contributed by atoms with Gasteiger partial charge in [-0.05, 0) is 49.8 Å². The molecule has 0 unspecified atom stereocenters. The molecule has 6 nitrogen and oxygen atoms in total. The molecule has 0 bridgehead atoms. The van der Waals surface area contributed by atoms with Crippen molar-refractivity contribution in [1.29, 1.82) is 0 Å². The highest BCUT2D eigenvalue weighted by Crippen LogP contribution is 2.25. The van der Waals surface area contributed by atoms with E-state index in [0.29, 0.717) is 18.9 Å². The molecule has 1 saturated heterocycles. The zero-order valence-corrected chi connectivity index (χ0v) is 16.3. The molecule has 7 heteroatoms. The number of hydrogen-bond donors (Lipinski definition) is 2. The highest BCUT2D eigenvalue weighted by atomic mass is 19.1. The highest BCUT2D eigenvalue weighted by Gasteiger charge is 2.21.